The van der Waals surface area contributed by atoms with Crippen LogP contribution in [0.2, 0.25) is 0 Å². The van der Waals surface area contributed by atoms with Gasteiger partial charge in [0.25, 0.3) is 0 Å². The largest absolute Gasteiger partial charge is 0.314 e. The Morgan fingerprint density at radius 3 is 2.81 bits per heavy atom. The molecule has 4 nitrogen and oxygen atoms in total. The molecule has 1 aromatic carbocycles. The number of piperidine rings is 1. The van der Waals surface area contributed by atoms with E-state index in [0.29, 0.717) is 24.1 Å². The molecule has 0 aromatic heterocycles. The highest BCUT2D eigenvalue weighted by Crippen LogP contribution is 2.20. The average molecular weight is 310 g/mol. The third-order valence-electron chi connectivity index (χ3n) is 3.97. The third kappa shape index (κ3) is 5.32. The molecule has 1 unspecified atom stereocenters. The van der Waals surface area contributed by atoms with Crippen molar-refractivity contribution in [2.75, 3.05) is 17.0 Å². The fourth-order valence-corrected chi connectivity index (χ4v) is 3.84. The van der Waals surface area contributed by atoms with Crippen LogP contribution in [0.25, 0.3) is 0 Å². The number of nitrogens with one attached hydrogen (secondary N) is 2. The summed E-state index contributed by atoms with van der Waals surface area (Å²) in [6.45, 7) is 5.21. The van der Waals surface area contributed by atoms with Gasteiger partial charge < -0.3 is 5.32 Å². The Morgan fingerprint density at radius 1 is 1.33 bits per heavy atom. The average Bonchev–Trinajstić information content (AvgIpc) is 2.46. The summed E-state index contributed by atoms with van der Waals surface area (Å²) in [5.41, 5.74) is 1.81. The third-order valence-corrected chi connectivity index (χ3v) is 5.29. The Bertz CT molecular complexity index is 549. The van der Waals surface area contributed by atoms with Gasteiger partial charge in [-0.2, -0.15) is 0 Å². The number of anilines is 1. The van der Waals surface area contributed by atoms with Gasteiger partial charge in [0, 0.05) is 11.7 Å². The van der Waals surface area contributed by atoms with Crippen LogP contribution in [0.4, 0.5) is 5.69 Å². The second-order valence-electron chi connectivity index (χ2n) is 6.14. The van der Waals surface area contributed by atoms with E-state index in [2.05, 4.69) is 23.9 Å². The lowest BCUT2D eigenvalue weighted by molar-refractivity contribution is 0.393. The van der Waals surface area contributed by atoms with Gasteiger partial charge in [-0.3, -0.25) is 4.72 Å². The standard InChI is InChI=1S/C16H26N2O2S/c1-13(2)14-6-5-8-16(12-14)18-21(19,20)11-9-15-7-3-4-10-17-15/h5-6,8,12-13,15,17-18H,3-4,7,9-11H2,1-2H3. The SMILES string of the molecule is CC(C)c1cccc(NS(=O)(=O)CCC2CCCCN2)c1. The molecule has 1 fully saturated rings. The minimum absolute atomic E-state index is 0.177. The minimum Gasteiger partial charge on any atom is -0.314 e. The van der Waals surface area contributed by atoms with E-state index >= 15 is 0 Å². The van der Waals surface area contributed by atoms with Crippen molar-refractivity contribution in [2.24, 2.45) is 0 Å². The van der Waals surface area contributed by atoms with Crippen LogP contribution in [0.5, 0.6) is 0 Å². The molecule has 0 aliphatic carbocycles. The van der Waals surface area contributed by atoms with Crippen LogP contribution < -0.4 is 10.0 Å². The van der Waals surface area contributed by atoms with Crippen LogP contribution in [0.1, 0.15) is 51.0 Å². The van der Waals surface area contributed by atoms with E-state index in [1.54, 1.807) is 0 Å². The summed E-state index contributed by atoms with van der Waals surface area (Å²) < 4.78 is 27.1. The first-order valence-corrected chi connectivity index (χ1v) is 9.45. The molecule has 1 heterocycles. The summed E-state index contributed by atoms with van der Waals surface area (Å²) >= 11 is 0. The maximum absolute atomic E-state index is 12.2. The van der Waals surface area contributed by atoms with E-state index < -0.39 is 10.0 Å². The molecule has 2 N–H and O–H groups in total. The lowest BCUT2D eigenvalue weighted by atomic mass is 10.0. The molecule has 0 saturated carbocycles. The van der Waals surface area contributed by atoms with Crippen molar-refractivity contribution in [1.82, 2.24) is 5.32 Å². The van der Waals surface area contributed by atoms with E-state index in [4.69, 9.17) is 0 Å². The quantitative estimate of drug-likeness (QED) is 0.849. The fraction of sp³-hybridized carbons (Fsp3) is 0.625. The number of hydrogen-bond donors (Lipinski definition) is 2. The van der Waals surface area contributed by atoms with E-state index in [1.165, 1.54) is 12.8 Å². The zero-order chi connectivity index (χ0) is 15.3. The maximum atomic E-state index is 12.2. The second-order valence-corrected chi connectivity index (χ2v) is 7.98. The monoisotopic (exact) mass is 310 g/mol. The molecular formula is C16H26N2O2S. The van der Waals surface area contributed by atoms with Crippen molar-refractivity contribution in [2.45, 2.75) is 51.5 Å². The van der Waals surface area contributed by atoms with Crippen molar-refractivity contribution >= 4 is 15.7 Å². The Hall–Kier alpha value is -1.07. The normalized spacial score (nSPS) is 19.7. The Balaban J connectivity index is 1.92. The molecule has 0 spiro atoms. The van der Waals surface area contributed by atoms with Crippen molar-refractivity contribution < 1.29 is 8.42 Å². The Kier molecular flexibility index (Phi) is 5.65. The van der Waals surface area contributed by atoms with E-state index in [1.807, 2.05) is 24.3 Å². The van der Waals surface area contributed by atoms with Gasteiger partial charge in [-0.05, 0) is 49.4 Å². The first-order chi connectivity index (χ1) is 9.96. The Labute approximate surface area is 128 Å². The molecule has 5 heteroatoms. The van der Waals surface area contributed by atoms with E-state index in [9.17, 15) is 8.42 Å². The van der Waals surface area contributed by atoms with Crippen molar-refractivity contribution in [3.63, 3.8) is 0 Å². The smallest absolute Gasteiger partial charge is 0.232 e. The fourth-order valence-electron chi connectivity index (χ4n) is 2.66. The lowest BCUT2D eigenvalue weighted by Crippen LogP contribution is -2.36. The van der Waals surface area contributed by atoms with Crippen LogP contribution in [0, 0.1) is 0 Å². The van der Waals surface area contributed by atoms with Gasteiger partial charge in [0.15, 0.2) is 0 Å². The highest BCUT2D eigenvalue weighted by Gasteiger charge is 2.17. The summed E-state index contributed by atoms with van der Waals surface area (Å²) in [6.07, 6.45) is 4.16. The number of benzene rings is 1. The molecule has 0 amide bonds. The molecule has 0 radical (unpaired) electrons. The summed E-state index contributed by atoms with van der Waals surface area (Å²) in [5.74, 6) is 0.567. The molecule has 118 valence electrons. The summed E-state index contributed by atoms with van der Waals surface area (Å²) in [6, 6.07) is 7.99. The second kappa shape index (κ2) is 7.27. The summed E-state index contributed by atoms with van der Waals surface area (Å²) in [4.78, 5) is 0. The van der Waals surface area contributed by atoms with E-state index in [0.717, 1.165) is 18.5 Å². The van der Waals surface area contributed by atoms with Gasteiger partial charge in [-0.1, -0.05) is 32.4 Å². The van der Waals surface area contributed by atoms with Gasteiger partial charge in [-0.25, -0.2) is 8.42 Å². The molecule has 1 saturated heterocycles. The van der Waals surface area contributed by atoms with E-state index in [-0.39, 0.29) is 5.75 Å². The molecule has 2 rings (SSSR count). The van der Waals surface area contributed by atoms with Gasteiger partial charge in [0.2, 0.25) is 10.0 Å². The maximum Gasteiger partial charge on any atom is 0.232 e. The van der Waals surface area contributed by atoms with Crippen LogP contribution in [-0.4, -0.2) is 26.8 Å². The molecule has 1 aliphatic heterocycles. The summed E-state index contributed by atoms with van der Waals surface area (Å²) in [7, 11) is -3.27. The molecule has 0 bridgehead atoms. The van der Waals surface area contributed by atoms with Gasteiger partial charge >= 0.3 is 0 Å². The predicted molar refractivity (Wildman–Crippen MR) is 88.2 cm³/mol. The molecule has 1 aliphatic rings. The highest BCUT2D eigenvalue weighted by atomic mass is 32.2. The van der Waals surface area contributed by atoms with Crippen LogP contribution >= 0.6 is 0 Å². The van der Waals surface area contributed by atoms with Gasteiger partial charge in [0.1, 0.15) is 0 Å². The molecule has 1 atom stereocenters. The first kappa shape index (κ1) is 16.3. The molecular weight excluding hydrogens is 284 g/mol. The molecule has 21 heavy (non-hydrogen) atoms. The van der Waals surface area contributed by atoms with Crippen molar-refractivity contribution in [1.29, 1.82) is 0 Å². The number of sulfonamides is 1. The zero-order valence-electron chi connectivity index (χ0n) is 12.9. The Morgan fingerprint density at radius 2 is 2.14 bits per heavy atom. The molecule has 1 aromatic rings. The van der Waals surface area contributed by atoms with Gasteiger partial charge in [0.05, 0.1) is 5.75 Å². The van der Waals surface area contributed by atoms with Crippen molar-refractivity contribution in [3.8, 4) is 0 Å². The topological polar surface area (TPSA) is 58.2 Å². The summed E-state index contributed by atoms with van der Waals surface area (Å²) in [5, 5.41) is 3.39. The number of hydrogen-bond acceptors (Lipinski definition) is 3. The van der Waals surface area contributed by atoms with Crippen molar-refractivity contribution in [3.05, 3.63) is 29.8 Å². The lowest BCUT2D eigenvalue weighted by Gasteiger charge is -2.23. The van der Waals surface area contributed by atoms with Crippen LogP contribution in [-0.2, 0) is 10.0 Å². The van der Waals surface area contributed by atoms with Gasteiger partial charge in [-0.15, -0.1) is 0 Å². The zero-order valence-corrected chi connectivity index (χ0v) is 13.7. The van der Waals surface area contributed by atoms with Crippen LogP contribution in [0.3, 0.4) is 0 Å². The van der Waals surface area contributed by atoms with Crippen LogP contribution in [0.15, 0.2) is 24.3 Å². The first-order valence-electron chi connectivity index (χ1n) is 7.80. The highest BCUT2D eigenvalue weighted by molar-refractivity contribution is 7.92. The number of rotatable bonds is 6. The predicted octanol–water partition coefficient (Wildman–Crippen LogP) is 3.08. The minimum atomic E-state index is -3.27.